The maximum Gasteiger partial charge on any atom is 0.168 e. The maximum absolute atomic E-state index is 14.3. The molecule has 0 radical (unpaired) electrons. The number of benzene rings is 1. The van der Waals surface area contributed by atoms with E-state index in [-0.39, 0.29) is 11.9 Å². The Labute approximate surface area is 115 Å². The second-order valence-electron chi connectivity index (χ2n) is 4.32. The summed E-state index contributed by atoms with van der Waals surface area (Å²) in [6.45, 7) is 0.905. The van der Waals surface area contributed by atoms with E-state index < -0.39 is 0 Å². The zero-order chi connectivity index (χ0) is 13.1. The fourth-order valence-electron chi connectivity index (χ4n) is 2.38. The van der Waals surface area contributed by atoms with E-state index in [1.54, 1.807) is 13.2 Å². The van der Waals surface area contributed by atoms with E-state index in [0.29, 0.717) is 21.5 Å². The molecule has 0 aliphatic carbocycles. The molecule has 1 aliphatic rings. The van der Waals surface area contributed by atoms with Gasteiger partial charge in [-0.2, -0.15) is 0 Å². The van der Waals surface area contributed by atoms with Crippen molar-refractivity contribution in [2.75, 3.05) is 20.8 Å². The van der Waals surface area contributed by atoms with Gasteiger partial charge in [0.25, 0.3) is 0 Å². The van der Waals surface area contributed by atoms with Crippen LogP contribution in [0.15, 0.2) is 10.5 Å². The third-order valence-corrected chi connectivity index (χ3v) is 3.83. The first-order chi connectivity index (χ1) is 8.69. The van der Waals surface area contributed by atoms with E-state index in [1.807, 2.05) is 0 Å². The summed E-state index contributed by atoms with van der Waals surface area (Å²) >= 11 is 3.23. The molecular weight excluding hydrogens is 301 g/mol. The van der Waals surface area contributed by atoms with Crippen LogP contribution in [0.1, 0.15) is 30.9 Å². The molecule has 0 bridgehead atoms. The number of methoxy groups -OCH3 is 2. The van der Waals surface area contributed by atoms with Crippen LogP contribution in [0.4, 0.5) is 4.39 Å². The van der Waals surface area contributed by atoms with Crippen molar-refractivity contribution in [2.45, 2.75) is 25.3 Å². The molecule has 1 N–H and O–H groups in total. The van der Waals surface area contributed by atoms with Crippen molar-refractivity contribution in [3.8, 4) is 11.5 Å². The molecule has 1 aromatic carbocycles. The third kappa shape index (κ3) is 2.47. The van der Waals surface area contributed by atoms with E-state index in [2.05, 4.69) is 21.2 Å². The maximum atomic E-state index is 14.3. The molecule has 1 aromatic rings. The van der Waals surface area contributed by atoms with E-state index in [4.69, 9.17) is 9.47 Å². The number of rotatable bonds is 3. The highest BCUT2D eigenvalue weighted by Gasteiger charge is 2.26. The third-order valence-electron chi connectivity index (χ3n) is 3.26. The molecule has 1 unspecified atom stereocenters. The zero-order valence-electron chi connectivity index (χ0n) is 10.6. The number of hydrogen-bond acceptors (Lipinski definition) is 3. The van der Waals surface area contributed by atoms with Gasteiger partial charge in [0.2, 0.25) is 0 Å². The van der Waals surface area contributed by atoms with Crippen molar-refractivity contribution in [3.05, 3.63) is 21.9 Å². The lowest BCUT2D eigenvalue weighted by molar-refractivity contribution is 0.330. The monoisotopic (exact) mass is 317 g/mol. The van der Waals surface area contributed by atoms with E-state index in [9.17, 15) is 4.39 Å². The van der Waals surface area contributed by atoms with Crippen molar-refractivity contribution in [3.63, 3.8) is 0 Å². The van der Waals surface area contributed by atoms with Crippen molar-refractivity contribution in [1.82, 2.24) is 5.32 Å². The van der Waals surface area contributed by atoms with Gasteiger partial charge in [0.15, 0.2) is 11.5 Å². The molecule has 18 heavy (non-hydrogen) atoms. The van der Waals surface area contributed by atoms with Crippen molar-refractivity contribution in [2.24, 2.45) is 0 Å². The first-order valence-electron chi connectivity index (χ1n) is 6.02. The Morgan fingerprint density at radius 2 is 2.11 bits per heavy atom. The molecule has 0 spiro atoms. The van der Waals surface area contributed by atoms with Crippen molar-refractivity contribution >= 4 is 15.9 Å². The molecule has 1 aliphatic heterocycles. The Morgan fingerprint density at radius 3 is 2.67 bits per heavy atom. The molecule has 0 amide bonds. The molecule has 0 saturated carbocycles. The molecule has 0 aromatic heterocycles. The second-order valence-corrected chi connectivity index (χ2v) is 5.18. The number of nitrogens with one attached hydrogen (secondary N) is 1. The minimum absolute atomic E-state index is 0.0138. The standard InChI is InChI=1S/C13H17BrFNO2/c1-17-10-7-8(14)12(15)11(13(10)18-2)9-5-3-4-6-16-9/h7,9,16H,3-6H2,1-2H3. The van der Waals surface area contributed by atoms with Crippen LogP contribution in [-0.4, -0.2) is 20.8 Å². The summed E-state index contributed by atoms with van der Waals surface area (Å²) in [5.74, 6) is 0.762. The van der Waals surface area contributed by atoms with Gasteiger partial charge in [0, 0.05) is 12.1 Å². The first-order valence-corrected chi connectivity index (χ1v) is 6.81. The highest BCUT2D eigenvalue weighted by molar-refractivity contribution is 9.10. The molecular formula is C13H17BrFNO2. The van der Waals surface area contributed by atoms with Gasteiger partial charge in [-0.05, 0) is 35.3 Å². The molecule has 1 saturated heterocycles. The zero-order valence-corrected chi connectivity index (χ0v) is 12.1. The smallest absolute Gasteiger partial charge is 0.168 e. The van der Waals surface area contributed by atoms with Gasteiger partial charge in [0.05, 0.1) is 24.3 Å². The average Bonchev–Trinajstić information content (AvgIpc) is 2.42. The first kappa shape index (κ1) is 13.6. The van der Waals surface area contributed by atoms with Gasteiger partial charge < -0.3 is 14.8 Å². The van der Waals surface area contributed by atoms with Crippen LogP contribution >= 0.6 is 15.9 Å². The fourth-order valence-corrected chi connectivity index (χ4v) is 2.80. The fraction of sp³-hybridized carbons (Fsp3) is 0.538. The Balaban J connectivity index is 2.51. The molecule has 2 rings (SSSR count). The van der Waals surface area contributed by atoms with Crippen LogP contribution in [0.25, 0.3) is 0 Å². The highest BCUT2D eigenvalue weighted by Crippen LogP contribution is 2.42. The summed E-state index contributed by atoms with van der Waals surface area (Å²) in [6, 6.07) is 1.58. The van der Waals surface area contributed by atoms with Gasteiger partial charge >= 0.3 is 0 Å². The number of piperidine rings is 1. The van der Waals surface area contributed by atoms with Gasteiger partial charge in [-0.3, -0.25) is 0 Å². The molecule has 100 valence electrons. The quantitative estimate of drug-likeness (QED) is 0.926. The summed E-state index contributed by atoms with van der Waals surface area (Å²) in [7, 11) is 3.10. The molecule has 3 nitrogen and oxygen atoms in total. The van der Waals surface area contributed by atoms with Gasteiger partial charge in [-0.1, -0.05) is 6.42 Å². The van der Waals surface area contributed by atoms with Crippen molar-refractivity contribution in [1.29, 1.82) is 0 Å². The summed E-state index contributed by atoms with van der Waals surface area (Å²) < 4.78 is 25.3. The second kappa shape index (κ2) is 5.89. The van der Waals surface area contributed by atoms with Crippen LogP contribution in [-0.2, 0) is 0 Å². The highest BCUT2D eigenvalue weighted by atomic mass is 79.9. The van der Waals surface area contributed by atoms with Crippen LogP contribution in [0.3, 0.4) is 0 Å². The summed E-state index contributed by atoms with van der Waals surface area (Å²) in [6.07, 6.45) is 3.13. The lowest BCUT2D eigenvalue weighted by Crippen LogP contribution is -2.28. The Morgan fingerprint density at radius 1 is 1.33 bits per heavy atom. The van der Waals surface area contributed by atoms with E-state index in [0.717, 1.165) is 25.8 Å². The van der Waals surface area contributed by atoms with E-state index >= 15 is 0 Å². The largest absolute Gasteiger partial charge is 0.493 e. The van der Waals surface area contributed by atoms with Crippen molar-refractivity contribution < 1.29 is 13.9 Å². The normalized spacial score (nSPS) is 19.7. The number of hydrogen-bond donors (Lipinski definition) is 1. The van der Waals surface area contributed by atoms with Gasteiger partial charge in [-0.15, -0.1) is 0 Å². The number of halogens is 2. The predicted molar refractivity (Wildman–Crippen MR) is 71.8 cm³/mol. The lowest BCUT2D eigenvalue weighted by atomic mass is 9.96. The minimum atomic E-state index is -0.271. The van der Waals surface area contributed by atoms with Crippen LogP contribution in [0, 0.1) is 5.82 Å². The van der Waals surface area contributed by atoms with Gasteiger partial charge in [0.1, 0.15) is 5.82 Å². The SMILES string of the molecule is COc1cc(Br)c(F)c(C2CCCCN2)c1OC. The lowest BCUT2D eigenvalue weighted by Gasteiger charge is -2.26. The van der Waals surface area contributed by atoms with Crippen LogP contribution in [0.2, 0.25) is 0 Å². The molecule has 1 atom stereocenters. The number of ether oxygens (including phenoxy) is 2. The molecule has 1 fully saturated rings. The van der Waals surface area contributed by atoms with E-state index in [1.165, 1.54) is 7.11 Å². The topological polar surface area (TPSA) is 30.5 Å². The summed E-state index contributed by atoms with van der Waals surface area (Å²) in [4.78, 5) is 0. The molecule has 5 heteroatoms. The Kier molecular flexibility index (Phi) is 4.45. The minimum Gasteiger partial charge on any atom is -0.493 e. The predicted octanol–water partition coefficient (Wildman–Crippen LogP) is 3.42. The van der Waals surface area contributed by atoms with Gasteiger partial charge in [-0.25, -0.2) is 4.39 Å². The molecule has 1 heterocycles. The Hall–Kier alpha value is -0.810. The average molecular weight is 318 g/mol. The van der Waals surface area contributed by atoms with Crippen LogP contribution in [0.5, 0.6) is 11.5 Å². The Bertz CT molecular complexity index is 433. The van der Waals surface area contributed by atoms with Crippen LogP contribution < -0.4 is 14.8 Å². The summed E-state index contributed by atoms with van der Waals surface area (Å²) in [5, 5.41) is 3.33. The summed E-state index contributed by atoms with van der Waals surface area (Å²) in [5.41, 5.74) is 0.559.